The average molecular weight is 331 g/mol. The molecule has 1 amide bonds. The largest absolute Gasteiger partial charge is 0.341 e. The van der Waals surface area contributed by atoms with Gasteiger partial charge in [0, 0.05) is 31.5 Å². The van der Waals surface area contributed by atoms with Crippen molar-refractivity contribution in [2.75, 3.05) is 12.8 Å². The highest BCUT2D eigenvalue weighted by atomic mass is 32.2. The lowest BCUT2D eigenvalue weighted by Gasteiger charge is -2.17. The zero-order chi connectivity index (χ0) is 16.2. The molecule has 6 nitrogen and oxygen atoms in total. The Labute approximate surface area is 136 Å². The van der Waals surface area contributed by atoms with E-state index >= 15 is 0 Å². The van der Waals surface area contributed by atoms with Crippen molar-refractivity contribution >= 4 is 23.4 Å². The van der Waals surface area contributed by atoms with E-state index in [2.05, 4.69) is 15.1 Å². The Bertz CT molecular complexity index is 804. The smallest absolute Gasteiger partial charge is 0.253 e. The molecule has 2 heterocycles. The van der Waals surface area contributed by atoms with Gasteiger partial charge in [0.2, 0.25) is 11.1 Å². The van der Waals surface area contributed by atoms with Crippen LogP contribution in [0.25, 0.3) is 5.78 Å². The number of halogens is 1. The molecule has 0 unspecified atom stereocenters. The summed E-state index contributed by atoms with van der Waals surface area (Å²) < 4.78 is 15.2. The molecule has 0 atom stereocenters. The van der Waals surface area contributed by atoms with Gasteiger partial charge in [0.25, 0.3) is 5.78 Å². The summed E-state index contributed by atoms with van der Waals surface area (Å²) in [5, 5.41) is 4.70. The Morgan fingerprint density at radius 3 is 2.96 bits per heavy atom. The summed E-state index contributed by atoms with van der Waals surface area (Å²) in [4.78, 5) is 21.9. The first-order valence-corrected chi connectivity index (χ1v) is 7.89. The number of aromatic nitrogens is 4. The molecule has 0 bridgehead atoms. The third-order valence-electron chi connectivity index (χ3n) is 3.21. The average Bonchev–Trinajstić information content (AvgIpc) is 2.97. The van der Waals surface area contributed by atoms with E-state index in [1.54, 1.807) is 48.2 Å². The Balaban J connectivity index is 1.59. The third-order valence-corrected chi connectivity index (χ3v) is 4.04. The number of benzene rings is 1. The Hall–Kier alpha value is -2.48. The molecular weight excluding hydrogens is 317 g/mol. The molecule has 8 heteroatoms. The predicted octanol–water partition coefficient (Wildman–Crippen LogP) is 2.01. The highest BCUT2D eigenvalue weighted by molar-refractivity contribution is 7.99. The number of amides is 1. The van der Waals surface area contributed by atoms with Gasteiger partial charge in [0.05, 0.1) is 5.75 Å². The predicted molar refractivity (Wildman–Crippen MR) is 84.4 cm³/mol. The molecule has 0 saturated heterocycles. The number of fused-ring (bicyclic) bond motifs is 1. The van der Waals surface area contributed by atoms with Gasteiger partial charge in [-0.15, -0.1) is 5.10 Å². The molecule has 23 heavy (non-hydrogen) atoms. The second-order valence-electron chi connectivity index (χ2n) is 4.89. The fourth-order valence-corrected chi connectivity index (χ4v) is 2.75. The molecule has 0 spiro atoms. The number of rotatable bonds is 5. The maximum absolute atomic E-state index is 13.6. The standard InChI is InChI=1S/C15H14FN5OS/c1-20(9-11-5-2-3-6-12(11)16)13(22)10-23-15-18-14-17-7-4-8-21(14)19-15/h2-8H,9-10H2,1H3. The van der Waals surface area contributed by atoms with E-state index in [-0.39, 0.29) is 24.0 Å². The third kappa shape index (κ3) is 3.65. The molecule has 3 rings (SSSR count). The van der Waals surface area contributed by atoms with Crippen molar-refractivity contribution < 1.29 is 9.18 Å². The maximum atomic E-state index is 13.6. The monoisotopic (exact) mass is 331 g/mol. The van der Waals surface area contributed by atoms with Crippen LogP contribution >= 0.6 is 11.8 Å². The van der Waals surface area contributed by atoms with Crippen molar-refractivity contribution in [2.45, 2.75) is 11.7 Å². The zero-order valence-electron chi connectivity index (χ0n) is 12.4. The van der Waals surface area contributed by atoms with Crippen molar-refractivity contribution in [1.29, 1.82) is 0 Å². The van der Waals surface area contributed by atoms with E-state index in [0.29, 0.717) is 16.5 Å². The molecule has 0 N–H and O–H groups in total. The topological polar surface area (TPSA) is 63.4 Å². The zero-order valence-corrected chi connectivity index (χ0v) is 13.2. The van der Waals surface area contributed by atoms with Gasteiger partial charge in [-0.2, -0.15) is 4.98 Å². The summed E-state index contributed by atoms with van der Waals surface area (Å²) in [6.45, 7) is 0.228. The number of hydrogen-bond acceptors (Lipinski definition) is 5. The molecule has 0 fully saturated rings. The van der Waals surface area contributed by atoms with Crippen LogP contribution in [0.1, 0.15) is 5.56 Å². The van der Waals surface area contributed by atoms with Gasteiger partial charge in [0.1, 0.15) is 5.82 Å². The molecule has 0 radical (unpaired) electrons. The lowest BCUT2D eigenvalue weighted by molar-refractivity contribution is -0.127. The number of carbonyl (C=O) groups excluding carboxylic acids is 1. The van der Waals surface area contributed by atoms with Crippen LogP contribution in [0.15, 0.2) is 47.9 Å². The van der Waals surface area contributed by atoms with Gasteiger partial charge in [-0.3, -0.25) is 4.79 Å². The van der Waals surface area contributed by atoms with Crippen LogP contribution in [0.2, 0.25) is 0 Å². The fourth-order valence-electron chi connectivity index (χ4n) is 1.98. The molecule has 0 aliphatic heterocycles. The second-order valence-corrected chi connectivity index (χ2v) is 5.83. The first-order chi connectivity index (χ1) is 11.1. The van der Waals surface area contributed by atoms with Gasteiger partial charge in [-0.05, 0) is 12.1 Å². The molecule has 118 valence electrons. The summed E-state index contributed by atoms with van der Waals surface area (Å²) in [5.74, 6) is 0.238. The van der Waals surface area contributed by atoms with Crippen LogP contribution < -0.4 is 0 Å². The van der Waals surface area contributed by atoms with E-state index in [9.17, 15) is 9.18 Å². The molecule has 2 aromatic heterocycles. The molecule has 3 aromatic rings. The SMILES string of the molecule is CN(Cc1ccccc1F)C(=O)CSc1nc2ncccn2n1. The number of thioether (sulfide) groups is 1. The molecule has 0 aliphatic rings. The Morgan fingerprint density at radius 1 is 1.35 bits per heavy atom. The van der Waals surface area contributed by atoms with Crippen LogP contribution in [-0.2, 0) is 11.3 Å². The summed E-state index contributed by atoms with van der Waals surface area (Å²) in [7, 11) is 1.65. The molecule has 0 saturated carbocycles. The van der Waals surface area contributed by atoms with Gasteiger partial charge in [-0.25, -0.2) is 13.9 Å². The van der Waals surface area contributed by atoms with Crippen molar-refractivity contribution in [1.82, 2.24) is 24.5 Å². The lowest BCUT2D eigenvalue weighted by atomic mass is 10.2. The minimum atomic E-state index is -0.312. The first-order valence-electron chi connectivity index (χ1n) is 6.91. The van der Waals surface area contributed by atoms with Crippen molar-refractivity contribution in [3.05, 3.63) is 54.1 Å². The van der Waals surface area contributed by atoms with Crippen molar-refractivity contribution in [2.24, 2.45) is 0 Å². The van der Waals surface area contributed by atoms with Gasteiger partial charge in [-0.1, -0.05) is 30.0 Å². The quantitative estimate of drug-likeness (QED) is 0.669. The molecule has 1 aromatic carbocycles. The number of nitrogens with zero attached hydrogens (tertiary/aromatic N) is 5. The Kier molecular flexibility index (Phi) is 4.52. The van der Waals surface area contributed by atoms with E-state index in [1.807, 2.05) is 0 Å². The van der Waals surface area contributed by atoms with Crippen LogP contribution in [0, 0.1) is 5.82 Å². The number of carbonyl (C=O) groups is 1. The van der Waals surface area contributed by atoms with Crippen LogP contribution in [-0.4, -0.2) is 43.2 Å². The van der Waals surface area contributed by atoms with Crippen molar-refractivity contribution in [3.8, 4) is 0 Å². The fraction of sp³-hybridized carbons (Fsp3) is 0.200. The lowest BCUT2D eigenvalue weighted by Crippen LogP contribution is -2.28. The van der Waals surface area contributed by atoms with Crippen LogP contribution in [0.5, 0.6) is 0 Å². The van der Waals surface area contributed by atoms with Crippen LogP contribution in [0.4, 0.5) is 4.39 Å². The highest BCUT2D eigenvalue weighted by Crippen LogP contribution is 2.15. The second kappa shape index (κ2) is 6.74. The first kappa shape index (κ1) is 15.4. The van der Waals surface area contributed by atoms with Gasteiger partial charge in [0.15, 0.2) is 0 Å². The van der Waals surface area contributed by atoms with E-state index in [1.165, 1.54) is 22.7 Å². The maximum Gasteiger partial charge on any atom is 0.253 e. The normalized spacial score (nSPS) is 10.9. The van der Waals surface area contributed by atoms with E-state index < -0.39 is 0 Å². The minimum absolute atomic E-state index is 0.120. The molecule has 0 aliphatic carbocycles. The minimum Gasteiger partial charge on any atom is -0.341 e. The van der Waals surface area contributed by atoms with Crippen molar-refractivity contribution in [3.63, 3.8) is 0 Å². The van der Waals surface area contributed by atoms with E-state index in [0.717, 1.165) is 0 Å². The van der Waals surface area contributed by atoms with Gasteiger partial charge < -0.3 is 4.90 Å². The summed E-state index contributed by atoms with van der Waals surface area (Å²) in [6, 6.07) is 8.18. The van der Waals surface area contributed by atoms with E-state index in [4.69, 9.17) is 0 Å². The number of hydrogen-bond donors (Lipinski definition) is 0. The summed E-state index contributed by atoms with van der Waals surface area (Å²) >= 11 is 1.23. The molecular formula is C15H14FN5OS. The van der Waals surface area contributed by atoms with Gasteiger partial charge >= 0.3 is 0 Å². The summed E-state index contributed by atoms with van der Waals surface area (Å²) in [6.07, 6.45) is 3.37. The highest BCUT2D eigenvalue weighted by Gasteiger charge is 2.13. The Morgan fingerprint density at radius 2 is 2.17 bits per heavy atom. The summed E-state index contributed by atoms with van der Waals surface area (Å²) in [5.41, 5.74) is 0.489. The van der Waals surface area contributed by atoms with Crippen LogP contribution in [0.3, 0.4) is 0 Å².